The van der Waals surface area contributed by atoms with Crippen LogP contribution in [0.25, 0.3) is 0 Å². The highest BCUT2D eigenvalue weighted by Gasteiger charge is 2.43. The Bertz CT molecular complexity index is 425. The van der Waals surface area contributed by atoms with Crippen molar-refractivity contribution in [2.24, 2.45) is 17.8 Å². The first-order valence-corrected chi connectivity index (χ1v) is 7.24. The van der Waals surface area contributed by atoms with Gasteiger partial charge in [-0.15, -0.1) is 0 Å². The van der Waals surface area contributed by atoms with Crippen molar-refractivity contribution in [2.45, 2.75) is 44.6 Å². The predicted molar refractivity (Wildman–Crippen MR) is 71.1 cm³/mol. The van der Waals surface area contributed by atoms with Crippen LogP contribution in [0.4, 0.5) is 5.69 Å². The number of nitrogens with one attached hydrogen (secondary N) is 1. The maximum Gasteiger partial charge on any atom is 0.0374 e. The molecule has 0 spiro atoms. The predicted octanol–water partition coefficient (Wildman–Crippen LogP) is 3.85. The second-order valence-electron chi connectivity index (χ2n) is 6.29. The SMILES string of the molecule is c1ccc2c(c1)CCC(C1CC3CCC1C3)N2. The molecular weight excluding hydrogens is 206 g/mol. The Morgan fingerprint density at radius 3 is 2.76 bits per heavy atom. The lowest BCUT2D eigenvalue weighted by Gasteiger charge is -2.35. The van der Waals surface area contributed by atoms with Crippen LogP contribution in [0.15, 0.2) is 24.3 Å². The number of hydrogen-bond acceptors (Lipinski definition) is 1. The van der Waals surface area contributed by atoms with Crippen molar-refractivity contribution in [3.63, 3.8) is 0 Å². The third-order valence-electron chi connectivity index (χ3n) is 5.39. The summed E-state index contributed by atoms with van der Waals surface area (Å²) in [5, 5.41) is 3.82. The second kappa shape index (κ2) is 3.76. The Kier molecular flexibility index (Phi) is 2.21. The summed E-state index contributed by atoms with van der Waals surface area (Å²) < 4.78 is 0. The standard InChI is InChI=1S/C16H21N/c1-2-4-15-12(3-1)7-8-16(17-15)14-10-11-5-6-13(14)9-11/h1-4,11,13-14,16-17H,5-10H2. The Morgan fingerprint density at radius 2 is 1.94 bits per heavy atom. The van der Waals surface area contributed by atoms with Crippen LogP contribution in [0.5, 0.6) is 0 Å². The molecule has 1 N–H and O–H groups in total. The summed E-state index contributed by atoms with van der Waals surface area (Å²) in [6, 6.07) is 9.63. The summed E-state index contributed by atoms with van der Waals surface area (Å²) in [4.78, 5) is 0. The van der Waals surface area contributed by atoms with E-state index in [2.05, 4.69) is 29.6 Å². The van der Waals surface area contributed by atoms with Crippen molar-refractivity contribution < 1.29 is 0 Å². The van der Waals surface area contributed by atoms with E-state index in [1.54, 1.807) is 0 Å². The molecule has 2 bridgehead atoms. The van der Waals surface area contributed by atoms with Crippen LogP contribution in [-0.4, -0.2) is 6.04 Å². The Hall–Kier alpha value is -0.980. The Labute approximate surface area is 104 Å². The molecule has 1 nitrogen and oxygen atoms in total. The summed E-state index contributed by atoms with van der Waals surface area (Å²) in [6.45, 7) is 0. The largest absolute Gasteiger partial charge is 0.382 e. The third kappa shape index (κ3) is 1.59. The van der Waals surface area contributed by atoms with Crippen molar-refractivity contribution >= 4 is 5.69 Å². The first-order valence-electron chi connectivity index (χ1n) is 7.24. The quantitative estimate of drug-likeness (QED) is 0.768. The number of benzene rings is 1. The van der Waals surface area contributed by atoms with E-state index in [4.69, 9.17) is 0 Å². The highest BCUT2D eigenvalue weighted by atomic mass is 14.9. The molecule has 2 fully saturated rings. The zero-order valence-electron chi connectivity index (χ0n) is 10.4. The third-order valence-corrected chi connectivity index (χ3v) is 5.39. The fourth-order valence-corrected chi connectivity index (χ4v) is 4.57. The van der Waals surface area contributed by atoms with E-state index in [1.165, 1.54) is 49.8 Å². The average Bonchev–Trinajstić information content (AvgIpc) is 3.00. The topological polar surface area (TPSA) is 12.0 Å². The highest BCUT2D eigenvalue weighted by Crippen LogP contribution is 2.51. The summed E-state index contributed by atoms with van der Waals surface area (Å²) in [7, 11) is 0. The van der Waals surface area contributed by atoms with Gasteiger partial charge in [-0.1, -0.05) is 24.6 Å². The zero-order chi connectivity index (χ0) is 11.2. The van der Waals surface area contributed by atoms with Crippen LogP contribution in [-0.2, 0) is 6.42 Å². The molecule has 1 aromatic carbocycles. The lowest BCUT2D eigenvalue weighted by atomic mass is 9.79. The zero-order valence-corrected chi connectivity index (χ0v) is 10.4. The molecule has 1 heteroatoms. The lowest BCUT2D eigenvalue weighted by Crippen LogP contribution is -2.35. The van der Waals surface area contributed by atoms with Gasteiger partial charge in [0.25, 0.3) is 0 Å². The molecule has 0 amide bonds. The maximum absolute atomic E-state index is 3.82. The van der Waals surface area contributed by atoms with Gasteiger partial charge >= 0.3 is 0 Å². The molecule has 17 heavy (non-hydrogen) atoms. The van der Waals surface area contributed by atoms with E-state index in [0.29, 0.717) is 0 Å². The van der Waals surface area contributed by atoms with Gasteiger partial charge in [-0.25, -0.2) is 0 Å². The summed E-state index contributed by atoms with van der Waals surface area (Å²) in [5.41, 5.74) is 2.93. The van der Waals surface area contributed by atoms with Gasteiger partial charge in [0, 0.05) is 11.7 Å². The molecule has 2 aliphatic carbocycles. The van der Waals surface area contributed by atoms with Crippen LogP contribution >= 0.6 is 0 Å². The number of hydrogen-bond donors (Lipinski definition) is 1. The van der Waals surface area contributed by atoms with Gasteiger partial charge in [-0.2, -0.15) is 0 Å². The Balaban J connectivity index is 1.55. The summed E-state index contributed by atoms with van der Waals surface area (Å²) >= 11 is 0. The minimum absolute atomic E-state index is 0.764. The van der Waals surface area contributed by atoms with Gasteiger partial charge < -0.3 is 5.32 Å². The molecule has 4 rings (SSSR count). The molecule has 4 atom stereocenters. The van der Waals surface area contributed by atoms with Crippen LogP contribution in [0, 0.1) is 17.8 Å². The van der Waals surface area contributed by atoms with Crippen LogP contribution in [0.2, 0.25) is 0 Å². The van der Waals surface area contributed by atoms with Gasteiger partial charge in [-0.05, 0) is 61.5 Å². The van der Waals surface area contributed by atoms with Crippen LogP contribution in [0.1, 0.15) is 37.7 Å². The first-order chi connectivity index (χ1) is 8.40. The number of aryl methyl sites for hydroxylation is 1. The fourth-order valence-electron chi connectivity index (χ4n) is 4.57. The molecule has 0 saturated heterocycles. The normalized spacial score (nSPS) is 38.8. The minimum Gasteiger partial charge on any atom is -0.382 e. The average molecular weight is 227 g/mol. The lowest BCUT2D eigenvalue weighted by molar-refractivity contribution is 0.282. The van der Waals surface area contributed by atoms with Gasteiger partial charge in [0.15, 0.2) is 0 Å². The minimum atomic E-state index is 0.764. The van der Waals surface area contributed by atoms with Crippen LogP contribution in [0.3, 0.4) is 0 Å². The van der Waals surface area contributed by atoms with E-state index in [1.807, 2.05) is 0 Å². The number of para-hydroxylation sites is 1. The van der Waals surface area contributed by atoms with Crippen molar-refractivity contribution in [2.75, 3.05) is 5.32 Å². The molecule has 0 radical (unpaired) electrons. The smallest absolute Gasteiger partial charge is 0.0374 e. The van der Waals surface area contributed by atoms with Crippen molar-refractivity contribution in [3.05, 3.63) is 29.8 Å². The molecule has 90 valence electrons. The molecule has 2 saturated carbocycles. The summed E-state index contributed by atoms with van der Waals surface area (Å²) in [5.74, 6) is 3.09. The van der Waals surface area contributed by atoms with Gasteiger partial charge in [0.05, 0.1) is 0 Å². The molecule has 4 unspecified atom stereocenters. The van der Waals surface area contributed by atoms with Crippen molar-refractivity contribution in [1.82, 2.24) is 0 Å². The van der Waals surface area contributed by atoms with E-state index >= 15 is 0 Å². The first kappa shape index (κ1) is 9.99. The second-order valence-corrected chi connectivity index (χ2v) is 6.29. The van der Waals surface area contributed by atoms with Gasteiger partial charge in [0.1, 0.15) is 0 Å². The molecule has 1 heterocycles. The number of anilines is 1. The highest BCUT2D eigenvalue weighted by molar-refractivity contribution is 5.53. The maximum atomic E-state index is 3.82. The van der Waals surface area contributed by atoms with Gasteiger partial charge in [0.2, 0.25) is 0 Å². The van der Waals surface area contributed by atoms with Crippen molar-refractivity contribution in [1.29, 1.82) is 0 Å². The van der Waals surface area contributed by atoms with E-state index in [0.717, 1.165) is 23.8 Å². The Morgan fingerprint density at radius 1 is 1.00 bits per heavy atom. The number of fused-ring (bicyclic) bond motifs is 3. The fraction of sp³-hybridized carbons (Fsp3) is 0.625. The molecule has 0 aromatic heterocycles. The monoisotopic (exact) mass is 227 g/mol. The van der Waals surface area contributed by atoms with E-state index < -0.39 is 0 Å². The van der Waals surface area contributed by atoms with E-state index in [9.17, 15) is 0 Å². The van der Waals surface area contributed by atoms with E-state index in [-0.39, 0.29) is 0 Å². The number of rotatable bonds is 1. The molecule has 1 aliphatic heterocycles. The molecule has 3 aliphatic rings. The van der Waals surface area contributed by atoms with Crippen molar-refractivity contribution in [3.8, 4) is 0 Å². The van der Waals surface area contributed by atoms with Gasteiger partial charge in [-0.3, -0.25) is 0 Å². The molecule has 1 aromatic rings. The molecular formula is C16H21N. The summed E-state index contributed by atoms with van der Waals surface area (Å²) in [6.07, 6.45) is 8.70. The van der Waals surface area contributed by atoms with Crippen LogP contribution < -0.4 is 5.32 Å².